The van der Waals surface area contributed by atoms with Crippen molar-refractivity contribution >= 4 is 23.1 Å². The summed E-state index contributed by atoms with van der Waals surface area (Å²) in [5.74, 6) is 0.892. The van der Waals surface area contributed by atoms with E-state index in [-0.39, 0.29) is 6.10 Å². The lowest BCUT2D eigenvalue weighted by Gasteiger charge is -2.39. The van der Waals surface area contributed by atoms with Crippen LogP contribution in [-0.4, -0.2) is 29.1 Å². The molecular formula is C22H33N3OS. The van der Waals surface area contributed by atoms with Crippen LogP contribution >= 0.6 is 11.8 Å². The van der Waals surface area contributed by atoms with Gasteiger partial charge in [-0.2, -0.15) is 0 Å². The Kier molecular flexibility index (Phi) is 7.45. The smallest absolute Gasteiger partial charge is 0.119 e. The van der Waals surface area contributed by atoms with Crippen molar-refractivity contribution in [1.82, 2.24) is 4.90 Å². The zero-order chi connectivity index (χ0) is 20.1. The van der Waals surface area contributed by atoms with Gasteiger partial charge < -0.3 is 16.2 Å². The minimum Gasteiger partial charge on any atom is -0.489 e. The Morgan fingerprint density at radius 2 is 1.33 bits per heavy atom. The number of hydrogen-bond acceptors (Lipinski definition) is 5. The van der Waals surface area contributed by atoms with Gasteiger partial charge in [-0.15, -0.1) is 0 Å². The van der Waals surface area contributed by atoms with Crippen LogP contribution in [0.1, 0.15) is 41.5 Å². The van der Waals surface area contributed by atoms with E-state index in [4.69, 9.17) is 16.2 Å². The highest BCUT2D eigenvalue weighted by molar-refractivity contribution is 7.99. The van der Waals surface area contributed by atoms with Gasteiger partial charge in [-0.1, -0.05) is 11.8 Å². The van der Waals surface area contributed by atoms with Crippen LogP contribution in [0, 0.1) is 0 Å². The average molecular weight is 388 g/mol. The largest absolute Gasteiger partial charge is 0.489 e. The molecule has 0 heterocycles. The number of nitrogen functional groups attached to an aromatic ring is 2. The Hall–Kier alpha value is -1.85. The van der Waals surface area contributed by atoms with Crippen molar-refractivity contribution < 1.29 is 4.74 Å². The standard InChI is InChI=1S/C22H33N3OS/c1-14(2)25(15(3)4)16(5)17(6)26-18-7-9-19(10-8-18)27-20-11-12-21(23)22(24)13-20/h7-17H,23-24H2,1-6H3. The Balaban J connectivity index is 2.01. The van der Waals surface area contributed by atoms with Gasteiger partial charge in [0.15, 0.2) is 0 Å². The maximum Gasteiger partial charge on any atom is 0.119 e. The minimum atomic E-state index is 0.102. The van der Waals surface area contributed by atoms with E-state index in [0.717, 1.165) is 15.5 Å². The lowest BCUT2D eigenvalue weighted by atomic mass is 10.1. The van der Waals surface area contributed by atoms with Gasteiger partial charge in [0.05, 0.1) is 11.4 Å². The van der Waals surface area contributed by atoms with Crippen LogP contribution in [0.3, 0.4) is 0 Å². The van der Waals surface area contributed by atoms with Crippen LogP contribution in [0.2, 0.25) is 0 Å². The summed E-state index contributed by atoms with van der Waals surface area (Å²) in [5, 5.41) is 0. The number of hydrogen-bond donors (Lipinski definition) is 2. The molecule has 0 aliphatic carbocycles. The van der Waals surface area contributed by atoms with E-state index < -0.39 is 0 Å². The van der Waals surface area contributed by atoms with E-state index in [1.54, 1.807) is 11.8 Å². The fourth-order valence-corrected chi connectivity index (χ4v) is 4.30. The number of rotatable bonds is 8. The van der Waals surface area contributed by atoms with E-state index >= 15 is 0 Å². The summed E-state index contributed by atoms with van der Waals surface area (Å²) in [7, 11) is 0. The van der Waals surface area contributed by atoms with Crippen molar-refractivity contribution in [2.45, 2.75) is 75.6 Å². The first-order valence-corrected chi connectivity index (χ1v) is 10.4. The first-order valence-electron chi connectivity index (χ1n) is 9.56. The molecule has 2 aromatic carbocycles. The first kappa shape index (κ1) is 21.5. The van der Waals surface area contributed by atoms with Gasteiger partial charge in [0.1, 0.15) is 11.9 Å². The lowest BCUT2D eigenvalue weighted by Crippen LogP contribution is -2.49. The molecule has 0 aliphatic rings. The molecule has 4 nitrogen and oxygen atoms in total. The van der Waals surface area contributed by atoms with Gasteiger partial charge >= 0.3 is 0 Å². The lowest BCUT2D eigenvalue weighted by molar-refractivity contribution is 0.0437. The number of nitrogens with two attached hydrogens (primary N) is 2. The third-order valence-electron chi connectivity index (χ3n) is 4.78. The Morgan fingerprint density at radius 1 is 0.778 bits per heavy atom. The fourth-order valence-electron chi connectivity index (χ4n) is 3.43. The van der Waals surface area contributed by atoms with Crippen LogP contribution in [-0.2, 0) is 0 Å². The summed E-state index contributed by atoms with van der Waals surface area (Å²) in [6.45, 7) is 13.3. The molecule has 0 bridgehead atoms. The van der Waals surface area contributed by atoms with Crippen LogP contribution in [0.25, 0.3) is 0 Å². The maximum absolute atomic E-state index is 6.21. The van der Waals surface area contributed by atoms with Gasteiger partial charge in [-0.25, -0.2) is 0 Å². The number of anilines is 2. The average Bonchev–Trinajstić information content (AvgIpc) is 2.59. The predicted octanol–water partition coefficient (Wildman–Crippen LogP) is 5.28. The van der Waals surface area contributed by atoms with Gasteiger partial charge in [0.25, 0.3) is 0 Å². The van der Waals surface area contributed by atoms with Crippen molar-refractivity contribution in [3.05, 3.63) is 42.5 Å². The molecule has 2 aromatic rings. The van der Waals surface area contributed by atoms with Crippen LogP contribution in [0.5, 0.6) is 5.75 Å². The van der Waals surface area contributed by atoms with E-state index in [1.165, 1.54) is 0 Å². The van der Waals surface area contributed by atoms with Crippen molar-refractivity contribution in [3.63, 3.8) is 0 Å². The minimum absolute atomic E-state index is 0.102. The van der Waals surface area contributed by atoms with Crippen molar-refractivity contribution in [3.8, 4) is 5.75 Å². The SMILES string of the molecule is CC(Oc1ccc(Sc2ccc(N)c(N)c2)cc1)C(C)N(C(C)C)C(C)C. The second kappa shape index (κ2) is 9.38. The maximum atomic E-state index is 6.21. The molecule has 4 N–H and O–H groups in total. The fraction of sp³-hybridized carbons (Fsp3) is 0.455. The summed E-state index contributed by atoms with van der Waals surface area (Å²) in [6.07, 6.45) is 0.102. The second-order valence-corrected chi connectivity index (χ2v) is 8.71. The van der Waals surface area contributed by atoms with E-state index in [0.29, 0.717) is 29.5 Å². The topological polar surface area (TPSA) is 64.5 Å². The number of nitrogens with zero attached hydrogens (tertiary/aromatic N) is 1. The van der Waals surface area contributed by atoms with Gasteiger partial charge in [0, 0.05) is 27.9 Å². The molecule has 148 valence electrons. The molecule has 0 fully saturated rings. The molecule has 0 aliphatic heterocycles. The molecule has 0 saturated carbocycles. The van der Waals surface area contributed by atoms with Gasteiger partial charge in [-0.05, 0) is 84.0 Å². The Labute approximate surface area is 168 Å². The van der Waals surface area contributed by atoms with E-state index in [1.807, 2.05) is 30.3 Å². The Bertz CT molecular complexity index is 723. The van der Waals surface area contributed by atoms with Crippen LogP contribution < -0.4 is 16.2 Å². The van der Waals surface area contributed by atoms with Crippen molar-refractivity contribution in [2.75, 3.05) is 11.5 Å². The Morgan fingerprint density at radius 3 is 1.85 bits per heavy atom. The highest BCUT2D eigenvalue weighted by atomic mass is 32.2. The molecular weight excluding hydrogens is 354 g/mol. The summed E-state index contributed by atoms with van der Waals surface area (Å²) < 4.78 is 6.21. The van der Waals surface area contributed by atoms with Gasteiger partial charge in [-0.3, -0.25) is 4.90 Å². The molecule has 27 heavy (non-hydrogen) atoms. The highest BCUT2D eigenvalue weighted by Gasteiger charge is 2.25. The number of benzene rings is 2. The molecule has 5 heteroatoms. The second-order valence-electron chi connectivity index (χ2n) is 7.56. The number of ether oxygens (including phenoxy) is 1. The summed E-state index contributed by atoms with van der Waals surface area (Å²) in [5.41, 5.74) is 12.9. The summed E-state index contributed by atoms with van der Waals surface area (Å²) >= 11 is 1.66. The molecule has 2 rings (SSSR count). The van der Waals surface area contributed by atoms with E-state index in [9.17, 15) is 0 Å². The summed E-state index contributed by atoms with van der Waals surface area (Å²) in [6, 6.07) is 15.2. The van der Waals surface area contributed by atoms with Crippen molar-refractivity contribution in [1.29, 1.82) is 0 Å². The molecule has 0 saturated heterocycles. The van der Waals surface area contributed by atoms with Gasteiger partial charge in [0.2, 0.25) is 0 Å². The van der Waals surface area contributed by atoms with Crippen LogP contribution in [0.15, 0.2) is 52.3 Å². The third-order valence-corrected chi connectivity index (χ3v) is 5.78. The third kappa shape index (κ3) is 5.81. The van der Waals surface area contributed by atoms with Crippen LogP contribution in [0.4, 0.5) is 11.4 Å². The molecule has 2 unspecified atom stereocenters. The quantitative estimate of drug-likeness (QED) is 0.604. The monoisotopic (exact) mass is 387 g/mol. The normalized spacial score (nSPS) is 14.0. The summed E-state index contributed by atoms with van der Waals surface area (Å²) in [4.78, 5) is 4.69. The van der Waals surface area contributed by atoms with Crippen molar-refractivity contribution in [2.24, 2.45) is 0 Å². The molecule has 2 atom stereocenters. The molecule has 0 spiro atoms. The first-order chi connectivity index (χ1) is 12.7. The van der Waals surface area contributed by atoms with E-state index in [2.05, 4.69) is 58.6 Å². The molecule has 0 radical (unpaired) electrons. The predicted molar refractivity (Wildman–Crippen MR) is 117 cm³/mol. The zero-order valence-corrected chi connectivity index (χ0v) is 18.1. The highest BCUT2D eigenvalue weighted by Crippen LogP contribution is 2.32. The molecule has 0 amide bonds. The zero-order valence-electron chi connectivity index (χ0n) is 17.3. The molecule has 0 aromatic heterocycles.